The van der Waals surface area contributed by atoms with Gasteiger partial charge in [0.05, 0.1) is 12.2 Å². The summed E-state index contributed by atoms with van der Waals surface area (Å²) in [5.41, 5.74) is 1.24. The van der Waals surface area contributed by atoms with Crippen molar-refractivity contribution >= 4 is 39.0 Å². The summed E-state index contributed by atoms with van der Waals surface area (Å²) in [6, 6.07) is 6.76. The van der Waals surface area contributed by atoms with Gasteiger partial charge in [0, 0.05) is 35.6 Å². The van der Waals surface area contributed by atoms with E-state index in [1.807, 2.05) is 0 Å². The second-order valence-corrected chi connectivity index (χ2v) is 7.99. The number of hydrogen-bond donors (Lipinski definition) is 1. The fourth-order valence-electron chi connectivity index (χ4n) is 2.36. The van der Waals surface area contributed by atoms with Crippen molar-refractivity contribution in [3.8, 4) is 0 Å². The van der Waals surface area contributed by atoms with Crippen molar-refractivity contribution < 1.29 is 8.42 Å². The molecule has 0 bridgehead atoms. The Morgan fingerprint density at radius 1 is 1.20 bits per heavy atom. The third-order valence-electron chi connectivity index (χ3n) is 3.48. The molecule has 3 aromatic rings. The van der Waals surface area contributed by atoms with Crippen molar-refractivity contribution in [2.75, 3.05) is 4.72 Å². The predicted molar refractivity (Wildman–Crippen MR) is 96.5 cm³/mol. The molecule has 1 aromatic carbocycles. The average Bonchev–Trinajstić information content (AvgIpc) is 3.08. The SMILES string of the molecule is Cc1nn(C)cc1S(=O)(=O)Nc1ccn(Cc2ccc(Cl)cc2Cl)n1. The van der Waals surface area contributed by atoms with Crippen LogP contribution in [0.2, 0.25) is 10.0 Å². The van der Waals surface area contributed by atoms with E-state index in [-0.39, 0.29) is 10.7 Å². The van der Waals surface area contributed by atoms with Crippen LogP contribution in [0.15, 0.2) is 41.6 Å². The Hall–Kier alpha value is -2.03. The minimum atomic E-state index is -3.75. The lowest BCUT2D eigenvalue weighted by molar-refractivity contribution is 0.600. The van der Waals surface area contributed by atoms with Gasteiger partial charge in [-0.15, -0.1) is 0 Å². The number of halogens is 2. The van der Waals surface area contributed by atoms with Crippen LogP contribution in [-0.4, -0.2) is 28.0 Å². The van der Waals surface area contributed by atoms with Gasteiger partial charge in [0.15, 0.2) is 5.82 Å². The Morgan fingerprint density at radius 2 is 1.96 bits per heavy atom. The molecule has 2 heterocycles. The molecule has 0 radical (unpaired) electrons. The molecule has 25 heavy (non-hydrogen) atoms. The van der Waals surface area contributed by atoms with Gasteiger partial charge in [0.1, 0.15) is 4.90 Å². The van der Waals surface area contributed by atoms with Gasteiger partial charge in [-0.25, -0.2) is 8.42 Å². The van der Waals surface area contributed by atoms with E-state index in [1.54, 1.807) is 49.1 Å². The maximum Gasteiger partial charge on any atom is 0.266 e. The highest BCUT2D eigenvalue weighted by Crippen LogP contribution is 2.22. The number of hydrogen-bond acceptors (Lipinski definition) is 4. The predicted octanol–water partition coefficient (Wildman–Crippen LogP) is 3.08. The molecule has 0 saturated carbocycles. The van der Waals surface area contributed by atoms with E-state index in [0.29, 0.717) is 22.3 Å². The lowest BCUT2D eigenvalue weighted by atomic mass is 10.2. The van der Waals surface area contributed by atoms with E-state index in [0.717, 1.165) is 5.56 Å². The number of benzene rings is 1. The molecular formula is C15H15Cl2N5O2S. The molecule has 0 fully saturated rings. The van der Waals surface area contributed by atoms with Crippen molar-refractivity contribution in [3.63, 3.8) is 0 Å². The highest BCUT2D eigenvalue weighted by atomic mass is 35.5. The fraction of sp³-hybridized carbons (Fsp3) is 0.200. The molecule has 10 heteroatoms. The molecule has 0 unspecified atom stereocenters. The summed E-state index contributed by atoms with van der Waals surface area (Å²) in [6.45, 7) is 2.03. The smallest absolute Gasteiger partial charge is 0.266 e. The summed E-state index contributed by atoms with van der Waals surface area (Å²) < 4.78 is 30.4. The molecule has 7 nitrogen and oxygen atoms in total. The number of aromatic nitrogens is 4. The molecule has 1 N–H and O–H groups in total. The van der Waals surface area contributed by atoms with Crippen LogP contribution in [0.25, 0.3) is 0 Å². The number of aryl methyl sites for hydroxylation is 2. The Balaban J connectivity index is 1.78. The largest absolute Gasteiger partial charge is 0.274 e. The van der Waals surface area contributed by atoms with Crippen LogP contribution in [0.3, 0.4) is 0 Å². The van der Waals surface area contributed by atoms with E-state index in [1.165, 1.54) is 10.9 Å². The normalized spacial score (nSPS) is 11.7. The van der Waals surface area contributed by atoms with Gasteiger partial charge in [0.2, 0.25) is 0 Å². The van der Waals surface area contributed by atoms with Crippen LogP contribution in [0.1, 0.15) is 11.3 Å². The van der Waals surface area contributed by atoms with Gasteiger partial charge in [-0.2, -0.15) is 10.2 Å². The van der Waals surface area contributed by atoms with Crippen LogP contribution in [0, 0.1) is 6.92 Å². The Labute approximate surface area is 155 Å². The number of rotatable bonds is 5. The van der Waals surface area contributed by atoms with Crippen molar-refractivity contribution in [1.82, 2.24) is 19.6 Å². The number of anilines is 1. The summed E-state index contributed by atoms with van der Waals surface area (Å²) in [5, 5.41) is 9.34. The Kier molecular flexibility index (Phi) is 4.77. The summed E-state index contributed by atoms with van der Waals surface area (Å²) in [7, 11) is -2.09. The first-order chi connectivity index (χ1) is 11.7. The maximum absolute atomic E-state index is 12.4. The average molecular weight is 400 g/mol. The van der Waals surface area contributed by atoms with Gasteiger partial charge < -0.3 is 0 Å². The first-order valence-electron chi connectivity index (χ1n) is 7.25. The van der Waals surface area contributed by atoms with E-state index < -0.39 is 10.0 Å². The summed E-state index contributed by atoms with van der Waals surface area (Å²) in [6.07, 6.45) is 3.11. The zero-order valence-electron chi connectivity index (χ0n) is 13.4. The minimum absolute atomic E-state index is 0.116. The van der Waals surface area contributed by atoms with Crippen molar-refractivity contribution in [2.24, 2.45) is 7.05 Å². The summed E-state index contributed by atoms with van der Waals surface area (Å²) >= 11 is 12.0. The van der Waals surface area contributed by atoms with Gasteiger partial charge in [0.25, 0.3) is 10.0 Å². The molecule has 132 valence electrons. The molecule has 0 amide bonds. The Morgan fingerprint density at radius 3 is 2.60 bits per heavy atom. The van der Waals surface area contributed by atoms with Gasteiger partial charge in [-0.05, 0) is 24.6 Å². The van der Waals surface area contributed by atoms with Crippen molar-refractivity contribution in [1.29, 1.82) is 0 Å². The second-order valence-electron chi connectivity index (χ2n) is 5.49. The topological polar surface area (TPSA) is 81.8 Å². The quantitative estimate of drug-likeness (QED) is 0.714. The molecule has 0 saturated heterocycles. The van der Waals surface area contributed by atoms with E-state index in [9.17, 15) is 8.42 Å². The molecule has 0 aliphatic heterocycles. The lowest BCUT2D eigenvalue weighted by Crippen LogP contribution is -2.14. The van der Waals surface area contributed by atoms with E-state index in [2.05, 4.69) is 14.9 Å². The molecule has 2 aromatic heterocycles. The molecule has 3 rings (SSSR count). The zero-order chi connectivity index (χ0) is 18.2. The second kappa shape index (κ2) is 6.70. The molecule has 0 atom stereocenters. The minimum Gasteiger partial charge on any atom is -0.274 e. The third-order valence-corrected chi connectivity index (χ3v) is 5.53. The first kappa shape index (κ1) is 17.8. The van der Waals surface area contributed by atoms with Crippen LogP contribution < -0.4 is 4.72 Å². The van der Waals surface area contributed by atoms with Crippen LogP contribution >= 0.6 is 23.2 Å². The standard InChI is InChI=1S/C15H15Cl2N5O2S/c1-10-14(9-21(2)18-10)25(23,24)20-15-5-6-22(19-15)8-11-3-4-12(16)7-13(11)17/h3-7,9H,8H2,1-2H3,(H,19,20). The van der Waals surface area contributed by atoms with Gasteiger partial charge in [-0.3, -0.25) is 14.1 Å². The highest BCUT2D eigenvalue weighted by Gasteiger charge is 2.21. The van der Waals surface area contributed by atoms with Crippen LogP contribution in [-0.2, 0) is 23.6 Å². The van der Waals surface area contributed by atoms with Crippen molar-refractivity contribution in [2.45, 2.75) is 18.4 Å². The maximum atomic E-state index is 12.4. The monoisotopic (exact) mass is 399 g/mol. The molecule has 0 aliphatic rings. The molecule has 0 aliphatic carbocycles. The fourth-order valence-corrected chi connectivity index (χ4v) is 4.05. The summed E-state index contributed by atoms with van der Waals surface area (Å²) in [4.78, 5) is 0.116. The van der Waals surface area contributed by atoms with E-state index >= 15 is 0 Å². The number of nitrogens with one attached hydrogen (secondary N) is 1. The first-order valence-corrected chi connectivity index (χ1v) is 9.49. The highest BCUT2D eigenvalue weighted by molar-refractivity contribution is 7.92. The van der Waals surface area contributed by atoms with Gasteiger partial charge >= 0.3 is 0 Å². The summed E-state index contributed by atoms with van der Waals surface area (Å²) in [5.74, 6) is 0.216. The molecule has 0 spiro atoms. The third kappa shape index (κ3) is 3.97. The Bertz CT molecular complexity index is 1030. The van der Waals surface area contributed by atoms with Gasteiger partial charge in [-0.1, -0.05) is 29.3 Å². The number of nitrogens with zero attached hydrogens (tertiary/aromatic N) is 4. The van der Waals surface area contributed by atoms with E-state index in [4.69, 9.17) is 23.2 Å². The van der Waals surface area contributed by atoms with Crippen LogP contribution in [0.4, 0.5) is 5.82 Å². The number of sulfonamides is 1. The molecular weight excluding hydrogens is 385 g/mol. The lowest BCUT2D eigenvalue weighted by Gasteiger charge is -2.06. The van der Waals surface area contributed by atoms with Crippen LogP contribution in [0.5, 0.6) is 0 Å². The van der Waals surface area contributed by atoms with Crippen molar-refractivity contribution in [3.05, 3.63) is 58.0 Å². The zero-order valence-corrected chi connectivity index (χ0v) is 15.8.